The molecule has 4 aromatic carbocycles. The van der Waals surface area contributed by atoms with Crippen LogP contribution in [0, 0.1) is 0 Å². The number of benzene rings is 4. The molecule has 33 heavy (non-hydrogen) atoms. The fourth-order valence-electron chi connectivity index (χ4n) is 4.60. The molecule has 0 aliphatic carbocycles. The van der Waals surface area contributed by atoms with Crippen LogP contribution < -0.4 is 33.4 Å². The van der Waals surface area contributed by atoms with E-state index in [0.717, 1.165) is 29.4 Å². The van der Waals surface area contributed by atoms with Gasteiger partial charge in [-0.15, -0.1) is 0 Å². The molecule has 4 N–H and O–H groups in total. The SMILES string of the molecule is CCCCc1ccc(-n2c(=O)c3c(N)c4c(=O)c5ccccc5c(=O)c4c(N)c3c2=O)cc1. The quantitative estimate of drug-likeness (QED) is 0.252. The number of anilines is 2. The molecule has 5 rings (SSSR count). The zero-order valence-corrected chi connectivity index (χ0v) is 18.0. The monoisotopic (exact) mass is 439 g/mol. The molecule has 0 saturated heterocycles. The summed E-state index contributed by atoms with van der Waals surface area (Å²) in [4.78, 5) is 53.0. The van der Waals surface area contributed by atoms with E-state index in [2.05, 4.69) is 6.92 Å². The van der Waals surface area contributed by atoms with Crippen molar-refractivity contribution in [1.29, 1.82) is 0 Å². The molecule has 7 heteroatoms. The van der Waals surface area contributed by atoms with E-state index in [1.807, 2.05) is 12.1 Å². The average molecular weight is 439 g/mol. The van der Waals surface area contributed by atoms with Crippen molar-refractivity contribution >= 4 is 43.7 Å². The standard InChI is InChI=1S/C26H21N3O4/c1-2-3-6-13-9-11-14(12-10-13)29-25(32)19-20(26(29)33)22(28)18-17(21(19)27)23(30)15-7-4-5-8-16(15)24(18)31/h4-5,7-12H,2-3,6,27-28H2,1H3. The molecule has 164 valence electrons. The predicted octanol–water partition coefficient (Wildman–Crippen LogP) is 2.76. The van der Waals surface area contributed by atoms with Crippen LogP contribution in [0.1, 0.15) is 25.3 Å². The van der Waals surface area contributed by atoms with Crippen LogP contribution in [0.3, 0.4) is 0 Å². The highest BCUT2D eigenvalue weighted by Gasteiger charge is 2.25. The molecular formula is C26H21N3O4. The summed E-state index contributed by atoms with van der Waals surface area (Å²) < 4.78 is 0.995. The minimum atomic E-state index is -0.664. The van der Waals surface area contributed by atoms with E-state index in [1.54, 1.807) is 24.3 Å². The Balaban J connectivity index is 1.90. The largest absolute Gasteiger partial charge is 0.397 e. The van der Waals surface area contributed by atoms with Gasteiger partial charge in [-0.3, -0.25) is 19.2 Å². The van der Waals surface area contributed by atoms with Gasteiger partial charge in [0.2, 0.25) is 0 Å². The summed E-state index contributed by atoms with van der Waals surface area (Å²) in [6.45, 7) is 2.11. The maximum atomic E-state index is 13.3. The lowest BCUT2D eigenvalue weighted by Gasteiger charge is -2.07. The third kappa shape index (κ3) is 2.82. The number of aryl methyl sites for hydroxylation is 1. The second-order valence-electron chi connectivity index (χ2n) is 8.25. The van der Waals surface area contributed by atoms with E-state index >= 15 is 0 Å². The van der Waals surface area contributed by atoms with E-state index in [-0.39, 0.29) is 43.7 Å². The van der Waals surface area contributed by atoms with Crippen LogP contribution >= 0.6 is 0 Å². The van der Waals surface area contributed by atoms with Gasteiger partial charge in [0.05, 0.1) is 38.6 Å². The van der Waals surface area contributed by atoms with Crippen LogP contribution in [0.25, 0.3) is 38.0 Å². The molecule has 0 fully saturated rings. The van der Waals surface area contributed by atoms with Crippen LogP contribution in [-0.2, 0) is 6.42 Å². The highest BCUT2D eigenvalue weighted by Crippen LogP contribution is 2.31. The number of fused-ring (bicyclic) bond motifs is 3. The van der Waals surface area contributed by atoms with Gasteiger partial charge in [0.25, 0.3) is 11.1 Å². The summed E-state index contributed by atoms with van der Waals surface area (Å²) in [7, 11) is 0. The van der Waals surface area contributed by atoms with Crippen molar-refractivity contribution in [2.45, 2.75) is 26.2 Å². The summed E-state index contributed by atoms with van der Waals surface area (Å²) in [6.07, 6.45) is 3.00. The van der Waals surface area contributed by atoms with Crippen LogP contribution in [0.5, 0.6) is 0 Å². The maximum Gasteiger partial charge on any atom is 0.268 e. The van der Waals surface area contributed by atoms with E-state index in [0.29, 0.717) is 5.69 Å². The number of aromatic nitrogens is 1. The van der Waals surface area contributed by atoms with Crippen LogP contribution in [0.15, 0.2) is 67.7 Å². The van der Waals surface area contributed by atoms with Crippen molar-refractivity contribution in [1.82, 2.24) is 4.57 Å². The lowest BCUT2D eigenvalue weighted by atomic mass is 9.97. The van der Waals surface area contributed by atoms with Gasteiger partial charge in [0.1, 0.15) is 0 Å². The summed E-state index contributed by atoms with van der Waals surface area (Å²) in [5.74, 6) is 0. The first-order chi connectivity index (χ1) is 15.9. The van der Waals surface area contributed by atoms with Gasteiger partial charge >= 0.3 is 0 Å². The molecule has 0 saturated carbocycles. The van der Waals surface area contributed by atoms with Gasteiger partial charge in [-0.2, -0.15) is 0 Å². The zero-order valence-electron chi connectivity index (χ0n) is 18.0. The molecule has 0 atom stereocenters. The summed E-state index contributed by atoms with van der Waals surface area (Å²) >= 11 is 0. The number of hydrogen-bond donors (Lipinski definition) is 2. The molecule has 0 bridgehead atoms. The van der Waals surface area contributed by atoms with Crippen LogP contribution in [0.2, 0.25) is 0 Å². The highest BCUT2D eigenvalue weighted by atomic mass is 16.2. The Morgan fingerprint density at radius 1 is 0.697 bits per heavy atom. The lowest BCUT2D eigenvalue weighted by molar-refractivity contribution is 0.794. The van der Waals surface area contributed by atoms with Gasteiger partial charge in [-0.1, -0.05) is 49.7 Å². The van der Waals surface area contributed by atoms with Crippen molar-refractivity contribution in [3.63, 3.8) is 0 Å². The second kappa shape index (κ2) is 7.41. The fraction of sp³-hybridized carbons (Fsp3) is 0.154. The van der Waals surface area contributed by atoms with Gasteiger partial charge in [-0.25, -0.2) is 4.57 Å². The molecule has 1 heterocycles. The Morgan fingerprint density at radius 3 is 1.64 bits per heavy atom. The Morgan fingerprint density at radius 2 is 1.18 bits per heavy atom. The van der Waals surface area contributed by atoms with Crippen molar-refractivity contribution in [3.05, 3.63) is 95.2 Å². The van der Waals surface area contributed by atoms with Crippen molar-refractivity contribution in [2.24, 2.45) is 0 Å². The van der Waals surface area contributed by atoms with Crippen LogP contribution in [-0.4, -0.2) is 4.57 Å². The molecule has 7 nitrogen and oxygen atoms in total. The molecule has 0 radical (unpaired) electrons. The number of hydrogen-bond acceptors (Lipinski definition) is 6. The normalized spacial score (nSPS) is 11.7. The molecule has 0 aliphatic heterocycles. The maximum absolute atomic E-state index is 13.3. The summed E-state index contributed by atoms with van der Waals surface area (Å²) in [6, 6.07) is 13.5. The molecule has 1 aromatic heterocycles. The smallest absolute Gasteiger partial charge is 0.268 e. The molecule has 0 aliphatic rings. The predicted molar refractivity (Wildman–Crippen MR) is 133 cm³/mol. The molecule has 0 unspecified atom stereocenters. The van der Waals surface area contributed by atoms with Gasteiger partial charge in [0, 0.05) is 10.8 Å². The first-order valence-corrected chi connectivity index (χ1v) is 10.8. The molecular weight excluding hydrogens is 418 g/mol. The van der Waals surface area contributed by atoms with E-state index in [4.69, 9.17) is 11.5 Å². The Kier molecular flexibility index (Phi) is 4.63. The Hall–Kier alpha value is -4.26. The fourth-order valence-corrected chi connectivity index (χ4v) is 4.60. The van der Waals surface area contributed by atoms with E-state index < -0.39 is 22.0 Å². The first kappa shape index (κ1) is 20.6. The molecule has 0 spiro atoms. The van der Waals surface area contributed by atoms with Gasteiger partial charge in [-0.05, 0) is 30.5 Å². The number of nitrogens with zero attached hydrogens (tertiary/aromatic N) is 1. The molecule has 0 amide bonds. The number of nitrogens with two attached hydrogens (primary N) is 2. The van der Waals surface area contributed by atoms with Gasteiger partial charge < -0.3 is 11.5 Å². The third-order valence-electron chi connectivity index (χ3n) is 6.30. The van der Waals surface area contributed by atoms with Gasteiger partial charge in [0.15, 0.2) is 10.9 Å². The first-order valence-electron chi connectivity index (χ1n) is 10.8. The van der Waals surface area contributed by atoms with Crippen LogP contribution in [0.4, 0.5) is 11.4 Å². The van der Waals surface area contributed by atoms with Crippen molar-refractivity contribution < 1.29 is 0 Å². The average Bonchev–Trinajstić information content (AvgIpc) is 3.09. The Labute approximate surface area is 187 Å². The summed E-state index contributed by atoms with van der Waals surface area (Å²) in [5, 5.41) is -0.117. The second-order valence-corrected chi connectivity index (χ2v) is 8.25. The Bertz CT molecular complexity index is 1690. The van der Waals surface area contributed by atoms with E-state index in [9.17, 15) is 19.2 Å². The number of nitrogen functional groups attached to an aromatic ring is 2. The highest BCUT2D eigenvalue weighted by molar-refractivity contribution is 6.20. The van der Waals surface area contributed by atoms with E-state index in [1.165, 1.54) is 12.1 Å². The lowest BCUT2D eigenvalue weighted by Crippen LogP contribution is -2.23. The van der Waals surface area contributed by atoms with Crippen molar-refractivity contribution in [3.8, 4) is 5.69 Å². The third-order valence-corrected chi connectivity index (χ3v) is 6.30. The minimum Gasteiger partial charge on any atom is -0.397 e. The van der Waals surface area contributed by atoms with Crippen molar-refractivity contribution in [2.75, 3.05) is 11.5 Å². The number of unbranched alkanes of at least 4 members (excludes halogenated alkanes) is 1. The minimum absolute atomic E-state index is 0.118. The summed E-state index contributed by atoms with van der Waals surface area (Å²) in [5.41, 5.74) is 11.3. The molecule has 5 aromatic rings. The zero-order chi connectivity index (χ0) is 23.4. The topological polar surface area (TPSA) is 125 Å². The number of rotatable bonds is 4.